The molecule has 0 fully saturated rings. The van der Waals surface area contributed by atoms with E-state index < -0.39 is 5.54 Å². The number of nitrogens with zero attached hydrogens (tertiary/aromatic N) is 3. The van der Waals surface area contributed by atoms with E-state index in [2.05, 4.69) is 164 Å². The number of fused-ring (bicyclic) bond motifs is 1. The lowest BCUT2D eigenvalue weighted by molar-refractivity contribution is 0.320. The largest absolute Gasteiger partial charge is 0.319 e. The number of benzene rings is 6. The molecular weight excluding hydrogens is 618 g/mol. The zero-order chi connectivity index (χ0) is 34.3. The lowest BCUT2D eigenvalue weighted by atomic mass is 9.76. The van der Waals surface area contributed by atoms with Crippen LogP contribution in [0.4, 0.5) is 0 Å². The fourth-order valence-electron chi connectivity index (χ4n) is 6.68. The molecule has 0 aliphatic heterocycles. The molecule has 0 saturated carbocycles. The molecule has 7 rings (SSSR count). The molecule has 0 aliphatic rings. The van der Waals surface area contributed by atoms with E-state index >= 15 is 0 Å². The lowest BCUT2D eigenvalue weighted by Crippen LogP contribution is -2.37. The molecule has 0 aliphatic carbocycles. The molecule has 0 spiro atoms. The molecule has 0 unspecified atom stereocenters. The minimum atomic E-state index is -0.586. The van der Waals surface area contributed by atoms with Crippen molar-refractivity contribution >= 4 is 22.4 Å². The number of aromatic nitrogens is 2. The average Bonchev–Trinajstić information content (AvgIpc) is 3.66. The summed E-state index contributed by atoms with van der Waals surface area (Å²) in [5.41, 5.74) is 7.06. The molecule has 1 heterocycles. The average molecular weight is 662 g/mol. The van der Waals surface area contributed by atoms with E-state index in [1.54, 1.807) is 6.20 Å². The van der Waals surface area contributed by atoms with E-state index in [9.17, 15) is 0 Å². The summed E-state index contributed by atoms with van der Waals surface area (Å²) in [5.74, 6) is 0. The predicted octanol–water partition coefficient (Wildman–Crippen LogP) is 11.1. The second-order valence-corrected chi connectivity index (χ2v) is 14.1. The van der Waals surface area contributed by atoms with Crippen molar-refractivity contribution in [1.29, 1.82) is 0 Å². The first-order valence-electron chi connectivity index (χ1n) is 16.9. The van der Waals surface area contributed by atoms with Gasteiger partial charge in [0.05, 0.1) is 6.33 Å². The van der Waals surface area contributed by atoms with E-state index in [4.69, 9.17) is 11.6 Å². The van der Waals surface area contributed by atoms with Crippen molar-refractivity contribution in [2.75, 3.05) is 7.05 Å². The third-order valence-corrected chi connectivity index (χ3v) is 9.46. The molecule has 0 bridgehead atoms. The van der Waals surface area contributed by atoms with E-state index in [0.29, 0.717) is 0 Å². The number of hydrogen-bond acceptors (Lipinski definition) is 2. The molecule has 49 heavy (non-hydrogen) atoms. The summed E-state index contributed by atoms with van der Waals surface area (Å²) in [6.45, 7) is 8.70. The van der Waals surface area contributed by atoms with Crippen molar-refractivity contribution < 1.29 is 0 Å². The smallest absolute Gasteiger partial charge is 0.123 e. The van der Waals surface area contributed by atoms with Crippen molar-refractivity contribution in [3.05, 3.63) is 209 Å². The summed E-state index contributed by atoms with van der Waals surface area (Å²) in [6.07, 6.45) is 5.64. The highest BCUT2D eigenvalue weighted by molar-refractivity contribution is 6.31. The fraction of sp³-hybridized carbons (Fsp3) is 0.178. The molecule has 246 valence electrons. The Balaban J connectivity index is 0.000000170. The molecular formula is C45H44ClN3. The third kappa shape index (κ3) is 7.54. The van der Waals surface area contributed by atoms with Crippen LogP contribution in [0.5, 0.6) is 0 Å². The van der Waals surface area contributed by atoms with Crippen LogP contribution in [0.25, 0.3) is 10.8 Å². The molecule has 1 aromatic heterocycles. The number of imidazole rings is 1. The van der Waals surface area contributed by atoms with Crippen LogP contribution >= 0.6 is 11.6 Å². The third-order valence-electron chi connectivity index (χ3n) is 9.13. The second kappa shape index (κ2) is 15.1. The van der Waals surface area contributed by atoms with Gasteiger partial charge in [-0.1, -0.05) is 178 Å². The lowest BCUT2D eigenvalue weighted by Gasteiger charge is -2.37. The zero-order valence-electron chi connectivity index (χ0n) is 28.8. The van der Waals surface area contributed by atoms with Crippen LogP contribution in [-0.2, 0) is 24.0 Å². The standard InChI is InChI=1S/C23H27N.C22H17ClN2/c1-23(2,3)21-14-12-18(13-15-21)16-24(4)17-20-10-7-9-19-8-5-6-11-22(19)20;23-21-14-8-7-13-20(21)22(25-16-15-24-17-25,18-9-3-1-4-10-18)19-11-5-2-6-12-19/h5-15H,16-17H2,1-4H3;1-17H. The summed E-state index contributed by atoms with van der Waals surface area (Å²) >= 11 is 6.69. The molecule has 0 N–H and O–H groups in total. The quantitative estimate of drug-likeness (QED) is 0.151. The Morgan fingerprint density at radius 1 is 0.612 bits per heavy atom. The first-order chi connectivity index (χ1) is 23.8. The van der Waals surface area contributed by atoms with Crippen molar-refractivity contribution in [3.8, 4) is 0 Å². The molecule has 0 radical (unpaired) electrons. The van der Waals surface area contributed by atoms with E-state index in [1.807, 2.05) is 42.9 Å². The maximum absolute atomic E-state index is 6.69. The van der Waals surface area contributed by atoms with Crippen LogP contribution in [0.15, 0.2) is 170 Å². The highest BCUT2D eigenvalue weighted by atomic mass is 35.5. The van der Waals surface area contributed by atoms with Crippen molar-refractivity contribution in [1.82, 2.24) is 14.5 Å². The van der Waals surface area contributed by atoms with E-state index in [1.165, 1.54) is 27.5 Å². The van der Waals surface area contributed by atoms with Gasteiger partial charge in [0, 0.05) is 36.1 Å². The van der Waals surface area contributed by atoms with Gasteiger partial charge >= 0.3 is 0 Å². The highest BCUT2D eigenvalue weighted by Crippen LogP contribution is 2.43. The molecule has 7 aromatic rings. The van der Waals surface area contributed by atoms with E-state index in [-0.39, 0.29) is 5.41 Å². The van der Waals surface area contributed by atoms with Gasteiger partial charge in [0.1, 0.15) is 5.54 Å². The Morgan fingerprint density at radius 2 is 1.20 bits per heavy atom. The van der Waals surface area contributed by atoms with Crippen LogP contribution in [0.2, 0.25) is 5.02 Å². The van der Waals surface area contributed by atoms with Crippen LogP contribution < -0.4 is 0 Å². The topological polar surface area (TPSA) is 21.1 Å². The molecule has 0 atom stereocenters. The van der Waals surface area contributed by atoms with E-state index in [0.717, 1.165) is 34.8 Å². The molecule has 0 saturated heterocycles. The SMILES string of the molecule is CN(Cc1ccc(C(C)(C)C)cc1)Cc1cccc2ccccc12.Clc1ccccc1C(c1ccccc1)(c1ccccc1)n1ccnc1. The molecule has 6 aromatic carbocycles. The monoisotopic (exact) mass is 661 g/mol. The summed E-state index contributed by atoms with van der Waals surface area (Å²) in [4.78, 5) is 6.70. The minimum Gasteiger partial charge on any atom is -0.319 e. The maximum Gasteiger partial charge on any atom is 0.123 e. The predicted molar refractivity (Wildman–Crippen MR) is 206 cm³/mol. The second-order valence-electron chi connectivity index (χ2n) is 13.6. The normalized spacial score (nSPS) is 11.7. The fourth-order valence-corrected chi connectivity index (χ4v) is 6.96. The van der Waals surface area contributed by atoms with Crippen LogP contribution in [-0.4, -0.2) is 21.5 Å². The molecule has 3 nitrogen and oxygen atoms in total. The van der Waals surface area contributed by atoms with Crippen molar-refractivity contribution in [2.24, 2.45) is 0 Å². The van der Waals surface area contributed by atoms with Gasteiger partial charge < -0.3 is 4.57 Å². The first kappa shape index (κ1) is 33.9. The number of rotatable bonds is 8. The van der Waals surface area contributed by atoms with Gasteiger partial charge in [-0.15, -0.1) is 0 Å². The van der Waals surface area contributed by atoms with Crippen LogP contribution in [0.3, 0.4) is 0 Å². The van der Waals surface area contributed by atoms with Gasteiger partial charge in [-0.3, -0.25) is 4.90 Å². The van der Waals surface area contributed by atoms with Gasteiger partial charge in [-0.05, 0) is 57.1 Å². The van der Waals surface area contributed by atoms with Crippen molar-refractivity contribution in [2.45, 2.75) is 44.8 Å². The summed E-state index contributed by atoms with van der Waals surface area (Å²) in [5, 5.41) is 3.40. The van der Waals surface area contributed by atoms with Gasteiger partial charge in [0.2, 0.25) is 0 Å². The molecule has 4 heteroatoms. The van der Waals surface area contributed by atoms with Gasteiger partial charge in [-0.2, -0.15) is 0 Å². The van der Waals surface area contributed by atoms with Gasteiger partial charge in [-0.25, -0.2) is 4.98 Å². The maximum atomic E-state index is 6.69. The summed E-state index contributed by atoms with van der Waals surface area (Å²) in [6, 6.07) is 53.1. The van der Waals surface area contributed by atoms with Crippen LogP contribution in [0.1, 0.15) is 54.2 Å². The zero-order valence-corrected chi connectivity index (χ0v) is 29.6. The van der Waals surface area contributed by atoms with Crippen LogP contribution in [0, 0.1) is 0 Å². The summed E-state index contributed by atoms with van der Waals surface area (Å²) in [7, 11) is 2.19. The highest BCUT2D eigenvalue weighted by Gasteiger charge is 2.39. The Hall–Kier alpha value is -4.96. The minimum absolute atomic E-state index is 0.216. The Kier molecular flexibility index (Phi) is 10.4. The first-order valence-corrected chi connectivity index (χ1v) is 17.2. The Labute approximate surface area is 296 Å². The summed E-state index contributed by atoms with van der Waals surface area (Å²) < 4.78 is 2.12. The van der Waals surface area contributed by atoms with Crippen molar-refractivity contribution in [3.63, 3.8) is 0 Å². The molecule has 0 amide bonds. The van der Waals surface area contributed by atoms with Gasteiger partial charge in [0.25, 0.3) is 0 Å². The van der Waals surface area contributed by atoms with Gasteiger partial charge in [0.15, 0.2) is 0 Å². The number of hydrogen-bond donors (Lipinski definition) is 0. The number of halogens is 1. The Bertz CT molecular complexity index is 2020. The Morgan fingerprint density at radius 3 is 1.82 bits per heavy atom.